The molecule has 0 N–H and O–H groups in total. The van der Waals surface area contributed by atoms with Gasteiger partial charge in [-0.3, -0.25) is 0 Å². The molecule has 0 atom stereocenters. The number of hydrogen-bond donors (Lipinski definition) is 0. The van der Waals surface area contributed by atoms with Gasteiger partial charge in [0, 0.05) is 32.5 Å². The fourth-order valence-electron chi connectivity index (χ4n) is 4.30. The first kappa shape index (κ1) is 26.3. The molecule has 168 valence electrons. The van der Waals surface area contributed by atoms with Crippen molar-refractivity contribution in [2.75, 3.05) is 46.1 Å². The molecule has 0 saturated carbocycles. The molecule has 1 rings (SSSR count). The summed E-state index contributed by atoms with van der Waals surface area (Å²) < 4.78 is 23.9. The van der Waals surface area contributed by atoms with Gasteiger partial charge in [-0.2, -0.15) is 0 Å². The zero-order valence-electron chi connectivity index (χ0n) is 19.6. The van der Waals surface area contributed by atoms with Crippen LogP contribution in [0.1, 0.15) is 59.8 Å². The minimum absolute atomic E-state index is 0.674. The molecule has 0 aromatic heterocycles. The quantitative estimate of drug-likeness (QED) is 0.314. The molecule has 1 heterocycles. The predicted molar refractivity (Wildman–Crippen MR) is 122 cm³/mol. The SMILES string of the molecule is CCO[Si](C)(C)CCCN1CCC(CCC[Si](OCC)(OCC)OCC)CC1. The summed E-state index contributed by atoms with van der Waals surface area (Å²) in [5, 5.41) is 0. The molecule has 0 spiro atoms. The van der Waals surface area contributed by atoms with Crippen LogP contribution in [0.25, 0.3) is 0 Å². The third kappa shape index (κ3) is 10.3. The van der Waals surface area contributed by atoms with Crippen molar-refractivity contribution >= 4 is 17.1 Å². The normalized spacial score (nSPS) is 17.4. The molecule has 0 unspecified atom stereocenters. The van der Waals surface area contributed by atoms with E-state index in [1.54, 1.807) is 0 Å². The van der Waals surface area contributed by atoms with Crippen LogP contribution >= 0.6 is 0 Å². The monoisotopic (exact) mass is 433 g/mol. The molecular formula is C21H47NO4Si2. The van der Waals surface area contributed by atoms with E-state index in [9.17, 15) is 0 Å². The van der Waals surface area contributed by atoms with Crippen molar-refractivity contribution in [1.82, 2.24) is 4.90 Å². The van der Waals surface area contributed by atoms with Gasteiger partial charge in [0.25, 0.3) is 0 Å². The van der Waals surface area contributed by atoms with Crippen molar-refractivity contribution < 1.29 is 17.7 Å². The predicted octanol–water partition coefficient (Wildman–Crippen LogP) is 5.16. The molecule has 0 bridgehead atoms. The highest BCUT2D eigenvalue weighted by atomic mass is 28.4. The van der Waals surface area contributed by atoms with E-state index in [0.29, 0.717) is 19.8 Å². The summed E-state index contributed by atoms with van der Waals surface area (Å²) in [5.74, 6) is 0.849. The van der Waals surface area contributed by atoms with Crippen molar-refractivity contribution in [3.05, 3.63) is 0 Å². The Labute approximate surface area is 177 Å². The maximum absolute atomic E-state index is 5.99. The largest absolute Gasteiger partial charge is 0.500 e. The number of piperidine rings is 1. The maximum atomic E-state index is 5.99. The minimum atomic E-state index is -2.45. The topological polar surface area (TPSA) is 40.2 Å². The smallest absolute Gasteiger partial charge is 0.418 e. The van der Waals surface area contributed by atoms with E-state index < -0.39 is 17.1 Å². The van der Waals surface area contributed by atoms with E-state index in [1.165, 1.54) is 51.4 Å². The van der Waals surface area contributed by atoms with Gasteiger partial charge in [-0.05, 0) is 98.1 Å². The lowest BCUT2D eigenvalue weighted by Crippen LogP contribution is -2.46. The van der Waals surface area contributed by atoms with Crippen molar-refractivity contribution in [1.29, 1.82) is 0 Å². The fourth-order valence-corrected chi connectivity index (χ4v) is 8.87. The molecule has 1 aliphatic rings. The van der Waals surface area contributed by atoms with Gasteiger partial charge in [0.1, 0.15) is 0 Å². The van der Waals surface area contributed by atoms with Gasteiger partial charge in [0.05, 0.1) is 0 Å². The van der Waals surface area contributed by atoms with Crippen LogP contribution in [0.5, 0.6) is 0 Å². The summed E-state index contributed by atoms with van der Waals surface area (Å²) in [7, 11) is -3.87. The Morgan fingerprint density at radius 1 is 0.750 bits per heavy atom. The molecule has 0 radical (unpaired) electrons. The third-order valence-corrected chi connectivity index (χ3v) is 11.5. The zero-order valence-corrected chi connectivity index (χ0v) is 21.6. The Balaban J connectivity index is 2.27. The van der Waals surface area contributed by atoms with Crippen LogP contribution in [-0.2, 0) is 17.7 Å². The van der Waals surface area contributed by atoms with Crippen LogP contribution in [0.4, 0.5) is 0 Å². The third-order valence-electron chi connectivity index (χ3n) is 5.68. The highest BCUT2D eigenvalue weighted by molar-refractivity contribution is 6.71. The summed E-state index contributed by atoms with van der Waals surface area (Å²) >= 11 is 0. The minimum Gasteiger partial charge on any atom is -0.418 e. The first-order chi connectivity index (χ1) is 13.4. The molecule has 0 aliphatic carbocycles. The lowest BCUT2D eigenvalue weighted by Gasteiger charge is -2.33. The van der Waals surface area contributed by atoms with Gasteiger partial charge in [-0.15, -0.1) is 0 Å². The van der Waals surface area contributed by atoms with Crippen molar-refractivity contribution in [2.24, 2.45) is 5.92 Å². The number of likely N-dealkylation sites (tertiary alicyclic amines) is 1. The van der Waals surface area contributed by atoms with Crippen molar-refractivity contribution in [2.45, 2.75) is 85.0 Å². The molecule has 0 amide bonds. The van der Waals surface area contributed by atoms with E-state index in [1.807, 2.05) is 20.8 Å². The van der Waals surface area contributed by atoms with Gasteiger partial charge in [-0.1, -0.05) is 6.42 Å². The summed E-state index contributed by atoms with van der Waals surface area (Å²) in [4.78, 5) is 2.66. The van der Waals surface area contributed by atoms with Gasteiger partial charge in [0.15, 0.2) is 8.32 Å². The maximum Gasteiger partial charge on any atom is 0.500 e. The Hall–Kier alpha value is 0.234. The van der Waals surface area contributed by atoms with E-state index >= 15 is 0 Å². The van der Waals surface area contributed by atoms with E-state index in [4.69, 9.17) is 17.7 Å². The molecule has 0 aromatic carbocycles. The van der Waals surface area contributed by atoms with Crippen LogP contribution < -0.4 is 0 Å². The van der Waals surface area contributed by atoms with Crippen LogP contribution in [0, 0.1) is 5.92 Å². The van der Waals surface area contributed by atoms with Crippen molar-refractivity contribution in [3.63, 3.8) is 0 Å². The van der Waals surface area contributed by atoms with Gasteiger partial charge < -0.3 is 22.6 Å². The van der Waals surface area contributed by atoms with Crippen LogP contribution in [0.2, 0.25) is 25.2 Å². The fraction of sp³-hybridized carbons (Fsp3) is 1.00. The second kappa shape index (κ2) is 14.3. The average molecular weight is 434 g/mol. The van der Waals surface area contributed by atoms with E-state index in [2.05, 4.69) is 24.9 Å². The Kier molecular flexibility index (Phi) is 13.4. The average Bonchev–Trinajstić information content (AvgIpc) is 2.63. The van der Waals surface area contributed by atoms with E-state index in [0.717, 1.165) is 25.0 Å². The Morgan fingerprint density at radius 3 is 1.79 bits per heavy atom. The van der Waals surface area contributed by atoms with Gasteiger partial charge in [-0.25, -0.2) is 0 Å². The van der Waals surface area contributed by atoms with Gasteiger partial charge in [0.2, 0.25) is 0 Å². The number of nitrogens with zero attached hydrogens (tertiary/aromatic N) is 1. The Morgan fingerprint density at radius 2 is 1.29 bits per heavy atom. The standard InChI is InChI=1S/C21H47NO4Si2/c1-7-23-27(5,6)19-12-16-22-17-14-21(15-18-22)13-11-20-28(24-8-2,25-9-3)26-10-4/h21H,7-20H2,1-6H3. The first-order valence-electron chi connectivity index (χ1n) is 11.7. The summed E-state index contributed by atoms with van der Waals surface area (Å²) in [5.41, 5.74) is 0. The number of rotatable bonds is 16. The lowest BCUT2D eigenvalue weighted by atomic mass is 9.92. The molecule has 7 heteroatoms. The molecule has 1 saturated heterocycles. The number of hydrogen-bond acceptors (Lipinski definition) is 5. The molecule has 1 aliphatic heterocycles. The molecule has 1 fully saturated rings. The molecule has 5 nitrogen and oxygen atoms in total. The van der Waals surface area contributed by atoms with Gasteiger partial charge >= 0.3 is 8.80 Å². The molecule has 28 heavy (non-hydrogen) atoms. The van der Waals surface area contributed by atoms with Crippen LogP contribution in [-0.4, -0.2) is 68.1 Å². The van der Waals surface area contributed by atoms with Crippen LogP contribution in [0.3, 0.4) is 0 Å². The zero-order chi connectivity index (χ0) is 20.9. The summed E-state index contributed by atoms with van der Waals surface area (Å²) in [6, 6.07) is 2.24. The molecular weight excluding hydrogens is 386 g/mol. The highest BCUT2D eigenvalue weighted by Gasteiger charge is 2.39. The summed E-state index contributed by atoms with van der Waals surface area (Å²) in [6.07, 6.45) is 6.39. The second-order valence-electron chi connectivity index (χ2n) is 8.46. The highest BCUT2D eigenvalue weighted by Crippen LogP contribution is 2.27. The lowest BCUT2D eigenvalue weighted by molar-refractivity contribution is 0.0699. The first-order valence-corrected chi connectivity index (χ1v) is 16.7. The van der Waals surface area contributed by atoms with Crippen LogP contribution in [0.15, 0.2) is 0 Å². The Bertz CT molecular complexity index is 374. The van der Waals surface area contributed by atoms with E-state index in [-0.39, 0.29) is 0 Å². The second-order valence-corrected chi connectivity index (χ2v) is 15.5. The summed E-state index contributed by atoms with van der Waals surface area (Å²) in [6.45, 7) is 19.6. The molecule has 0 aromatic rings. The van der Waals surface area contributed by atoms with Crippen molar-refractivity contribution in [3.8, 4) is 0 Å².